The van der Waals surface area contributed by atoms with E-state index in [0.29, 0.717) is 17.1 Å². The Balaban J connectivity index is 2.50. The van der Waals surface area contributed by atoms with E-state index >= 15 is 0 Å². The van der Waals surface area contributed by atoms with Gasteiger partial charge in [0.25, 0.3) is 0 Å². The third-order valence-electron chi connectivity index (χ3n) is 2.64. The first-order valence-corrected chi connectivity index (χ1v) is 5.45. The van der Waals surface area contributed by atoms with Gasteiger partial charge in [-0.1, -0.05) is 0 Å². The van der Waals surface area contributed by atoms with Gasteiger partial charge in [0.15, 0.2) is 5.89 Å². The van der Waals surface area contributed by atoms with Gasteiger partial charge in [-0.05, 0) is 31.2 Å². The predicted octanol–water partition coefficient (Wildman–Crippen LogP) is 2.98. The summed E-state index contributed by atoms with van der Waals surface area (Å²) >= 11 is 0. The van der Waals surface area contributed by atoms with Crippen LogP contribution in [0.3, 0.4) is 0 Å². The minimum atomic E-state index is -0.991. The molecule has 1 aromatic carbocycles. The van der Waals surface area contributed by atoms with Crippen molar-refractivity contribution in [3.8, 4) is 11.3 Å². The molecule has 0 radical (unpaired) electrons. The zero-order valence-electron chi connectivity index (χ0n) is 9.98. The number of oxazole rings is 1. The van der Waals surface area contributed by atoms with E-state index in [1.54, 1.807) is 19.1 Å². The van der Waals surface area contributed by atoms with Gasteiger partial charge in [0.05, 0.1) is 0 Å². The summed E-state index contributed by atoms with van der Waals surface area (Å²) in [6, 6.07) is 5.69. The number of nitrogens with zero attached hydrogens (tertiary/aromatic N) is 1. The van der Waals surface area contributed by atoms with Gasteiger partial charge >= 0.3 is 5.97 Å². The molecule has 4 nitrogen and oxygen atoms in total. The maximum atomic E-state index is 12.9. The van der Waals surface area contributed by atoms with Crippen LogP contribution in [0.5, 0.6) is 0 Å². The number of carboxylic acids is 1. The second-order valence-corrected chi connectivity index (χ2v) is 4.01. The predicted molar refractivity (Wildman–Crippen MR) is 62.7 cm³/mol. The van der Waals surface area contributed by atoms with Gasteiger partial charge in [-0.15, -0.1) is 0 Å². The summed E-state index contributed by atoms with van der Waals surface area (Å²) in [7, 11) is 0. The third-order valence-corrected chi connectivity index (χ3v) is 2.64. The van der Waals surface area contributed by atoms with Crippen LogP contribution in [0.25, 0.3) is 11.3 Å². The van der Waals surface area contributed by atoms with E-state index in [1.807, 2.05) is 0 Å². The third kappa shape index (κ3) is 2.25. The summed E-state index contributed by atoms with van der Waals surface area (Å²) in [5.74, 6) is -1.48. The Kier molecular flexibility index (Phi) is 3.14. The standard InChI is InChI=1S/C13H12FNO3/c1-7(13(16)17)12-11(15-8(2)18-12)9-3-5-10(14)6-4-9/h3-7H,1-2H3,(H,16,17). The van der Waals surface area contributed by atoms with Gasteiger partial charge in [0.2, 0.25) is 0 Å². The smallest absolute Gasteiger partial charge is 0.314 e. The van der Waals surface area contributed by atoms with Crippen LogP contribution < -0.4 is 0 Å². The molecule has 1 aromatic heterocycles. The second kappa shape index (κ2) is 4.60. The van der Waals surface area contributed by atoms with Crippen molar-refractivity contribution >= 4 is 5.97 Å². The highest BCUT2D eigenvalue weighted by Crippen LogP contribution is 2.29. The molecule has 1 heterocycles. The van der Waals surface area contributed by atoms with E-state index in [9.17, 15) is 9.18 Å². The molecule has 5 heteroatoms. The Morgan fingerprint density at radius 3 is 2.56 bits per heavy atom. The van der Waals surface area contributed by atoms with Crippen LogP contribution >= 0.6 is 0 Å². The molecular formula is C13H12FNO3. The van der Waals surface area contributed by atoms with Crippen LogP contribution in [0.15, 0.2) is 28.7 Å². The average molecular weight is 249 g/mol. The number of halogens is 1. The summed E-state index contributed by atoms with van der Waals surface area (Å²) < 4.78 is 18.2. The van der Waals surface area contributed by atoms with Crippen molar-refractivity contribution < 1.29 is 18.7 Å². The molecule has 0 aliphatic heterocycles. The number of hydrogen-bond donors (Lipinski definition) is 1. The molecule has 1 atom stereocenters. The van der Waals surface area contributed by atoms with E-state index in [1.165, 1.54) is 19.1 Å². The fourth-order valence-corrected chi connectivity index (χ4v) is 1.66. The molecule has 0 spiro atoms. The molecule has 0 saturated carbocycles. The van der Waals surface area contributed by atoms with Crippen LogP contribution in [-0.2, 0) is 4.79 Å². The summed E-state index contributed by atoms with van der Waals surface area (Å²) in [5.41, 5.74) is 1.08. The Labute approximate surface area is 103 Å². The number of benzene rings is 1. The highest BCUT2D eigenvalue weighted by atomic mass is 19.1. The lowest BCUT2D eigenvalue weighted by atomic mass is 10.0. The SMILES string of the molecule is Cc1nc(-c2ccc(F)cc2)c(C(C)C(=O)O)o1. The molecule has 18 heavy (non-hydrogen) atoms. The highest BCUT2D eigenvalue weighted by molar-refractivity contribution is 5.78. The molecule has 0 bridgehead atoms. The molecule has 0 fully saturated rings. The van der Waals surface area contributed by atoms with E-state index in [2.05, 4.69) is 4.98 Å². The quantitative estimate of drug-likeness (QED) is 0.908. The molecule has 0 aliphatic rings. The number of rotatable bonds is 3. The number of aryl methyl sites for hydroxylation is 1. The second-order valence-electron chi connectivity index (χ2n) is 4.01. The Bertz CT molecular complexity index is 574. The minimum absolute atomic E-state index is 0.284. The molecule has 0 saturated heterocycles. The monoisotopic (exact) mass is 249 g/mol. The average Bonchev–Trinajstić information content (AvgIpc) is 2.71. The molecule has 1 N–H and O–H groups in total. The van der Waals surface area contributed by atoms with Gasteiger partial charge in [-0.3, -0.25) is 4.79 Å². The summed E-state index contributed by atoms with van der Waals surface area (Å²) in [6.45, 7) is 3.17. The van der Waals surface area contributed by atoms with Crippen molar-refractivity contribution in [1.29, 1.82) is 0 Å². The van der Waals surface area contributed by atoms with Gasteiger partial charge in [-0.2, -0.15) is 0 Å². The minimum Gasteiger partial charge on any atom is -0.481 e. The molecule has 2 rings (SSSR count). The summed E-state index contributed by atoms with van der Waals surface area (Å²) in [4.78, 5) is 15.2. The first kappa shape index (κ1) is 12.3. The van der Waals surface area contributed by atoms with Crippen molar-refractivity contribution in [3.05, 3.63) is 41.7 Å². The molecule has 0 aliphatic carbocycles. The van der Waals surface area contributed by atoms with Gasteiger partial charge in [0, 0.05) is 12.5 Å². The fraction of sp³-hybridized carbons (Fsp3) is 0.231. The molecule has 94 valence electrons. The first-order valence-electron chi connectivity index (χ1n) is 5.45. The number of aliphatic carboxylic acids is 1. The lowest BCUT2D eigenvalue weighted by molar-refractivity contribution is -0.138. The summed E-state index contributed by atoms with van der Waals surface area (Å²) in [6.07, 6.45) is 0. The fourth-order valence-electron chi connectivity index (χ4n) is 1.66. The number of carbonyl (C=O) groups is 1. The highest BCUT2D eigenvalue weighted by Gasteiger charge is 2.24. The van der Waals surface area contributed by atoms with Crippen LogP contribution in [0.2, 0.25) is 0 Å². The van der Waals surface area contributed by atoms with Gasteiger partial charge in [0.1, 0.15) is 23.2 Å². The van der Waals surface area contributed by atoms with E-state index in [0.717, 1.165) is 0 Å². The topological polar surface area (TPSA) is 63.3 Å². The van der Waals surface area contributed by atoms with Crippen LogP contribution in [0.1, 0.15) is 24.5 Å². The zero-order valence-corrected chi connectivity index (χ0v) is 9.98. The Hall–Kier alpha value is -2.17. The van der Waals surface area contributed by atoms with Crippen molar-refractivity contribution in [3.63, 3.8) is 0 Å². The largest absolute Gasteiger partial charge is 0.481 e. The zero-order chi connectivity index (χ0) is 13.3. The van der Waals surface area contributed by atoms with Gasteiger partial charge in [-0.25, -0.2) is 9.37 Å². The van der Waals surface area contributed by atoms with Gasteiger partial charge < -0.3 is 9.52 Å². The van der Waals surface area contributed by atoms with Crippen LogP contribution in [0.4, 0.5) is 4.39 Å². The molecule has 1 unspecified atom stereocenters. The number of hydrogen-bond acceptors (Lipinski definition) is 3. The molecule has 2 aromatic rings. The van der Waals surface area contributed by atoms with Crippen molar-refractivity contribution in [2.45, 2.75) is 19.8 Å². The Morgan fingerprint density at radius 1 is 1.39 bits per heavy atom. The van der Waals surface area contributed by atoms with Crippen molar-refractivity contribution in [1.82, 2.24) is 4.98 Å². The molecule has 0 amide bonds. The van der Waals surface area contributed by atoms with Crippen molar-refractivity contribution in [2.24, 2.45) is 0 Å². The first-order chi connectivity index (χ1) is 8.49. The lowest BCUT2D eigenvalue weighted by Gasteiger charge is -2.05. The summed E-state index contributed by atoms with van der Waals surface area (Å²) in [5, 5.41) is 9.01. The number of aromatic nitrogens is 1. The normalized spacial score (nSPS) is 12.4. The maximum absolute atomic E-state index is 12.9. The Morgan fingerprint density at radius 2 is 2.00 bits per heavy atom. The van der Waals surface area contributed by atoms with Crippen molar-refractivity contribution in [2.75, 3.05) is 0 Å². The maximum Gasteiger partial charge on any atom is 0.314 e. The van der Waals surface area contributed by atoms with E-state index in [-0.39, 0.29) is 11.6 Å². The van der Waals surface area contributed by atoms with Crippen LogP contribution in [-0.4, -0.2) is 16.1 Å². The van der Waals surface area contributed by atoms with E-state index < -0.39 is 11.9 Å². The van der Waals surface area contributed by atoms with Crippen LogP contribution in [0, 0.1) is 12.7 Å². The van der Waals surface area contributed by atoms with E-state index in [4.69, 9.17) is 9.52 Å². The molecular weight excluding hydrogens is 237 g/mol. The lowest BCUT2D eigenvalue weighted by Crippen LogP contribution is -2.07. The number of carboxylic acid groups (broad SMARTS) is 1.